The molecule has 0 radical (unpaired) electrons. The highest BCUT2D eigenvalue weighted by Crippen LogP contribution is 2.36. The molecular formula is C24H13N3O7. The standard InChI is InChI=1S/C24H13N3O7/c28-21-12-5-1-2-6-13(12)22(29)20-19(21)18-15(24(31)32)9-11(10-16(18)26-20)25-23(30)14-7-3-4-8-17(14)27(33)34/h1-10,26H,(H,25,30)(H,31,32). The van der Waals surface area contributed by atoms with E-state index < -0.39 is 34.1 Å². The number of carboxylic acids is 1. The summed E-state index contributed by atoms with van der Waals surface area (Å²) in [5, 5.41) is 23.6. The minimum atomic E-state index is -1.38. The van der Waals surface area contributed by atoms with Crippen molar-refractivity contribution in [3.63, 3.8) is 0 Å². The molecule has 10 nitrogen and oxygen atoms in total. The van der Waals surface area contributed by atoms with Crippen LogP contribution < -0.4 is 5.32 Å². The largest absolute Gasteiger partial charge is 0.478 e. The number of carbonyl (C=O) groups is 4. The molecule has 34 heavy (non-hydrogen) atoms. The highest BCUT2D eigenvalue weighted by atomic mass is 16.6. The second kappa shape index (κ2) is 7.48. The number of aromatic carboxylic acids is 1. The van der Waals surface area contributed by atoms with E-state index in [1.54, 1.807) is 12.1 Å². The number of rotatable bonds is 4. The number of nitro groups is 1. The zero-order valence-corrected chi connectivity index (χ0v) is 17.1. The van der Waals surface area contributed by atoms with Crippen molar-refractivity contribution in [3.8, 4) is 0 Å². The minimum absolute atomic E-state index is 0.0176. The number of nitrogens with zero attached hydrogens (tertiary/aromatic N) is 1. The predicted molar refractivity (Wildman–Crippen MR) is 120 cm³/mol. The van der Waals surface area contributed by atoms with Crippen molar-refractivity contribution in [1.29, 1.82) is 0 Å². The van der Waals surface area contributed by atoms with Crippen LogP contribution in [0.2, 0.25) is 0 Å². The first kappa shape index (κ1) is 20.8. The summed E-state index contributed by atoms with van der Waals surface area (Å²) in [6, 6.07) is 14.1. The second-order valence-electron chi connectivity index (χ2n) is 7.56. The van der Waals surface area contributed by atoms with Gasteiger partial charge in [-0.15, -0.1) is 0 Å². The molecule has 1 heterocycles. The average Bonchev–Trinajstić information content (AvgIpc) is 3.21. The minimum Gasteiger partial charge on any atom is -0.478 e. The third-order valence-corrected chi connectivity index (χ3v) is 5.60. The van der Waals surface area contributed by atoms with Crippen LogP contribution in [0.4, 0.5) is 11.4 Å². The number of para-hydroxylation sites is 1. The molecule has 5 rings (SSSR count). The number of hydrogen-bond acceptors (Lipinski definition) is 6. The summed E-state index contributed by atoms with van der Waals surface area (Å²) in [4.78, 5) is 64.3. The van der Waals surface area contributed by atoms with E-state index in [2.05, 4.69) is 10.3 Å². The average molecular weight is 455 g/mol. The molecule has 1 amide bonds. The maximum Gasteiger partial charge on any atom is 0.336 e. The van der Waals surface area contributed by atoms with Gasteiger partial charge in [-0.05, 0) is 18.2 Å². The monoisotopic (exact) mass is 455 g/mol. The van der Waals surface area contributed by atoms with Gasteiger partial charge in [-0.1, -0.05) is 36.4 Å². The van der Waals surface area contributed by atoms with Gasteiger partial charge >= 0.3 is 5.97 Å². The molecule has 0 unspecified atom stereocenters. The van der Waals surface area contributed by atoms with Crippen LogP contribution in [0, 0.1) is 10.1 Å². The molecule has 1 aliphatic rings. The van der Waals surface area contributed by atoms with Crippen molar-refractivity contribution >= 4 is 45.7 Å². The number of fused-ring (bicyclic) bond motifs is 4. The molecule has 3 N–H and O–H groups in total. The number of H-pyrrole nitrogens is 1. The number of ketones is 2. The summed E-state index contributed by atoms with van der Waals surface area (Å²) in [6.45, 7) is 0. The first-order valence-electron chi connectivity index (χ1n) is 9.94. The summed E-state index contributed by atoms with van der Waals surface area (Å²) in [7, 11) is 0. The fourth-order valence-corrected chi connectivity index (χ4v) is 4.14. The number of nitrogens with one attached hydrogen (secondary N) is 2. The van der Waals surface area contributed by atoms with Crippen LogP contribution in [0.5, 0.6) is 0 Å². The van der Waals surface area contributed by atoms with E-state index >= 15 is 0 Å². The van der Waals surface area contributed by atoms with Gasteiger partial charge in [0.15, 0.2) is 5.78 Å². The molecule has 0 aliphatic heterocycles. The summed E-state index contributed by atoms with van der Waals surface area (Å²) < 4.78 is 0. The topological polar surface area (TPSA) is 159 Å². The molecule has 0 saturated carbocycles. The first-order chi connectivity index (χ1) is 16.3. The Morgan fingerprint density at radius 2 is 1.56 bits per heavy atom. The Bertz CT molecular complexity index is 1600. The van der Waals surface area contributed by atoms with Crippen LogP contribution in [0.3, 0.4) is 0 Å². The Morgan fingerprint density at radius 3 is 2.24 bits per heavy atom. The number of aromatic amines is 1. The normalized spacial score (nSPS) is 12.2. The van der Waals surface area contributed by atoms with E-state index in [1.807, 2.05) is 0 Å². The van der Waals surface area contributed by atoms with E-state index in [1.165, 1.54) is 42.5 Å². The maximum atomic E-state index is 13.2. The van der Waals surface area contributed by atoms with Crippen molar-refractivity contribution in [3.05, 3.63) is 104 Å². The molecule has 4 aromatic rings. The molecule has 0 atom stereocenters. The van der Waals surface area contributed by atoms with Crippen LogP contribution in [0.15, 0.2) is 60.7 Å². The molecule has 0 saturated heterocycles. The van der Waals surface area contributed by atoms with Gasteiger partial charge in [-0.25, -0.2) is 4.79 Å². The van der Waals surface area contributed by atoms with E-state index in [0.717, 1.165) is 6.07 Å². The molecule has 166 valence electrons. The fourth-order valence-electron chi connectivity index (χ4n) is 4.14. The quantitative estimate of drug-likeness (QED) is 0.274. The zero-order valence-electron chi connectivity index (χ0n) is 17.1. The van der Waals surface area contributed by atoms with Gasteiger partial charge < -0.3 is 15.4 Å². The highest BCUT2D eigenvalue weighted by molar-refractivity contribution is 6.33. The zero-order chi connectivity index (χ0) is 24.1. The van der Waals surface area contributed by atoms with E-state index in [-0.39, 0.29) is 50.1 Å². The van der Waals surface area contributed by atoms with E-state index in [0.29, 0.717) is 0 Å². The molecule has 0 spiro atoms. The second-order valence-corrected chi connectivity index (χ2v) is 7.56. The molecule has 10 heteroatoms. The summed E-state index contributed by atoms with van der Waals surface area (Å²) in [5.41, 5.74) is -0.481. The number of benzene rings is 3. The van der Waals surface area contributed by atoms with Gasteiger partial charge in [0.05, 0.1) is 21.7 Å². The van der Waals surface area contributed by atoms with E-state index in [9.17, 15) is 34.4 Å². The number of anilines is 1. The van der Waals surface area contributed by atoms with Crippen molar-refractivity contribution < 1.29 is 29.2 Å². The van der Waals surface area contributed by atoms with Crippen LogP contribution >= 0.6 is 0 Å². The smallest absolute Gasteiger partial charge is 0.336 e. The Morgan fingerprint density at radius 1 is 0.912 bits per heavy atom. The van der Waals surface area contributed by atoms with Gasteiger partial charge in [0, 0.05) is 33.8 Å². The summed E-state index contributed by atoms with van der Waals surface area (Å²) >= 11 is 0. The first-order valence-corrected chi connectivity index (χ1v) is 9.94. The summed E-state index contributed by atoms with van der Waals surface area (Å²) in [5.74, 6) is -3.15. The predicted octanol–water partition coefficient (Wildman–Crippen LogP) is 3.80. The lowest BCUT2D eigenvalue weighted by Crippen LogP contribution is -2.20. The molecule has 3 aromatic carbocycles. The fraction of sp³-hybridized carbons (Fsp3) is 0. The number of hydrogen-bond donors (Lipinski definition) is 3. The van der Waals surface area contributed by atoms with Crippen molar-refractivity contribution in [2.45, 2.75) is 0 Å². The molecular weight excluding hydrogens is 442 g/mol. The lowest BCUT2D eigenvalue weighted by atomic mass is 9.86. The van der Waals surface area contributed by atoms with E-state index in [4.69, 9.17) is 0 Å². The van der Waals surface area contributed by atoms with Crippen molar-refractivity contribution in [1.82, 2.24) is 4.98 Å². The SMILES string of the molecule is O=C(Nc1cc(C(=O)O)c2c3c([nH]c2c1)C(=O)c1ccccc1C3=O)c1ccccc1[N+](=O)[O-]. The van der Waals surface area contributed by atoms with Gasteiger partial charge in [-0.3, -0.25) is 24.5 Å². The number of carbonyl (C=O) groups excluding carboxylic acids is 3. The lowest BCUT2D eigenvalue weighted by Gasteiger charge is -2.14. The Balaban J connectivity index is 1.65. The third kappa shape index (κ3) is 3.05. The molecule has 1 aliphatic carbocycles. The van der Waals surface area contributed by atoms with Crippen LogP contribution in [-0.2, 0) is 0 Å². The van der Waals surface area contributed by atoms with Crippen LogP contribution in [0.25, 0.3) is 10.9 Å². The molecule has 1 aromatic heterocycles. The number of carboxylic acid groups (broad SMARTS) is 1. The van der Waals surface area contributed by atoms with Gasteiger partial charge in [-0.2, -0.15) is 0 Å². The number of amides is 1. The van der Waals surface area contributed by atoms with Crippen molar-refractivity contribution in [2.24, 2.45) is 0 Å². The van der Waals surface area contributed by atoms with Gasteiger partial charge in [0.1, 0.15) is 5.56 Å². The Hall–Kier alpha value is -5.12. The van der Waals surface area contributed by atoms with Crippen molar-refractivity contribution in [2.75, 3.05) is 5.32 Å². The Kier molecular flexibility index (Phi) is 4.57. The molecule has 0 fully saturated rings. The van der Waals surface area contributed by atoms with Crippen LogP contribution in [-0.4, -0.2) is 38.5 Å². The number of nitro benzene ring substituents is 1. The summed E-state index contributed by atoms with van der Waals surface area (Å²) in [6.07, 6.45) is 0. The highest BCUT2D eigenvalue weighted by Gasteiger charge is 2.35. The lowest BCUT2D eigenvalue weighted by molar-refractivity contribution is -0.385. The molecule has 0 bridgehead atoms. The van der Waals surface area contributed by atoms with Gasteiger partial charge in [0.2, 0.25) is 5.78 Å². The number of aromatic nitrogens is 1. The third-order valence-electron chi connectivity index (χ3n) is 5.60. The Labute approximate surface area is 190 Å². The van der Waals surface area contributed by atoms with Crippen LogP contribution in [0.1, 0.15) is 52.7 Å². The maximum absolute atomic E-state index is 13.2. The van der Waals surface area contributed by atoms with Gasteiger partial charge in [0.25, 0.3) is 11.6 Å².